The minimum absolute atomic E-state index is 0.367. The highest BCUT2D eigenvalue weighted by molar-refractivity contribution is 5.41. The number of anilines is 1. The van der Waals surface area contributed by atoms with E-state index in [1.807, 2.05) is 0 Å². The lowest BCUT2D eigenvalue weighted by Crippen LogP contribution is -1.99. The summed E-state index contributed by atoms with van der Waals surface area (Å²) < 4.78 is 10.5. The molecule has 0 aliphatic heterocycles. The number of hydrogen-bond donors (Lipinski definition) is 1. The fraction of sp³-hybridized carbons (Fsp3) is 0.444. The van der Waals surface area contributed by atoms with Crippen LogP contribution in [0.4, 0.5) is 5.82 Å². The summed E-state index contributed by atoms with van der Waals surface area (Å²) in [5, 5.41) is 0. The van der Waals surface area contributed by atoms with Crippen molar-refractivity contribution in [3.63, 3.8) is 0 Å². The fourth-order valence-electron chi connectivity index (χ4n) is 1.05. The molecule has 13 heavy (non-hydrogen) atoms. The maximum Gasteiger partial charge on any atom is 0.218 e. The van der Waals surface area contributed by atoms with E-state index in [0.29, 0.717) is 17.8 Å². The molecule has 1 heterocycles. The van der Waals surface area contributed by atoms with Gasteiger partial charge in [-0.15, -0.1) is 0 Å². The van der Waals surface area contributed by atoms with Crippen LogP contribution >= 0.6 is 0 Å². The lowest BCUT2D eigenvalue weighted by molar-refractivity contribution is 0.300. The molecule has 1 saturated carbocycles. The summed E-state index contributed by atoms with van der Waals surface area (Å²) in [6.45, 7) is 0. The summed E-state index contributed by atoms with van der Waals surface area (Å²) in [7, 11) is 1.56. The zero-order chi connectivity index (χ0) is 9.26. The molecule has 0 bridgehead atoms. The van der Waals surface area contributed by atoms with Gasteiger partial charge in [-0.2, -0.15) is 4.98 Å². The normalized spacial score (nSPS) is 15.5. The number of rotatable bonds is 3. The summed E-state index contributed by atoms with van der Waals surface area (Å²) in [4.78, 5) is 3.96. The Balaban J connectivity index is 2.17. The van der Waals surface area contributed by atoms with Gasteiger partial charge in [-0.3, -0.25) is 0 Å². The van der Waals surface area contributed by atoms with E-state index < -0.39 is 0 Å². The van der Waals surface area contributed by atoms with Crippen molar-refractivity contribution in [1.29, 1.82) is 0 Å². The number of nitrogen functional groups attached to an aromatic ring is 1. The Morgan fingerprint density at radius 1 is 1.46 bits per heavy atom. The van der Waals surface area contributed by atoms with Crippen LogP contribution in [0, 0.1) is 0 Å². The van der Waals surface area contributed by atoms with Gasteiger partial charge in [0.05, 0.1) is 13.2 Å². The molecule has 4 heteroatoms. The molecular formula is C9H12N2O2. The Labute approximate surface area is 76.7 Å². The average Bonchev–Trinajstić information content (AvgIpc) is 2.87. The van der Waals surface area contributed by atoms with Gasteiger partial charge >= 0.3 is 0 Å². The van der Waals surface area contributed by atoms with Crippen LogP contribution in [0.15, 0.2) is 12.1 Å². The first-order valence-corrected chi connectivity index (χ1v) is 4.26. The zero-order valence-corrected chi connectivity index (χ0v) is 7.49. The summed E-state index contributed by atoms with van der Waals surface area (Å²) in [5.41, 5.74) is 5.56. The van der Waals surface area contributed by atoms with Gasteiger partial charge in [-0.25, -0.2) is 0 Å². The molecule has 0 unspecified atom stereocenters. The van der Waals surface area contributed by atoms with Crippen LogP contribution in [0.1, 0.15) is 12.8 Å². The molecule has 0 saturated heterocycles. The number of aromatic nitrogens is 1. The maximum absolute atomic E-state index is 5.56. The first-order valence-electron chi connectivity index (χ1n) is 4.26. The van der Waals surface area contributed by atoms with Crippen LogP contribution in [-0.4, -0.2) is 18.2 Å². The summed E-state index contributed by atoms with van der Waals surface area (Å²) in [6.07, 6.45) is 2.63. The van der Waals surface area contributed by atoms with Gasteiger partial charge in [0, 0.05) is 12.1 Å². The topological polar surface area (TPSA) is 57.4 Å². The second kappa shape index (κ2) is 3.12. The lowest BCUT2D eigenvalue weighted by Gasteiger charge is -2.06. The largest absolute Gasteiger partial charge is 0.490 e. The van der Waals surface area contributed by atoms with Gasteiger partial charge in [-0.1, -0.05) is 0 Å². The highest BCUT2D eigenvalue weighted by atomic mass is 16.5. The van der Waals surface area contributed by atoms with E-state index in [2.05, 4.69) is 4.98 Å². The molecule has 1 aliphatic carbocycles. The first kappa shape index (κ1) is 8.16. The van der Waals surface area contributed by atoms with Gasteiger partial charge in [-0.05, 0) is 12.8 Å². The van der Waals surface area contributed by atoms with Crippen molar-refractivity contribution in [1.82, 2.24) is 4.98 Å². The van der Waals surface area contributed by atoms with Crippen molar-refractivity contribution in [2.45, 2.75) is 18.9 Å². The van der Waals surface area contributed by atoms with Crippen molar-refractivity contribution in [3.05, 3.63) is 12.1 Å². The van der Waals surface area contributed by atoms with Crippen LogP contribution in [0.25, 0.3) is 0 Å². The molecule has 70 valence electrons. The third kappa shape index (κ3) is 2.02. The van der Waals surface area contributed by atoms with Crippen molar-refractivity contribution in [2.24, 2.45) is 0 Å². The quantitative estimate of drug-likeness (QED) is 0.759. The first-order chi connectivity index (χ1) is 6.28. The second-order valence-corrected chi connectivity index (χ2v) is 3.09. The third-order valence-corrected chi connectivity index (χ3v) is 1.83. The average molecular weight is 180 g/mol. The van der Waals surface area contributed by atoms with Gasteiger partial charge in [0.25, 0.3) is 0 Å². The highest BCUT2D eigenvalue weighted by Crippen LogP contribution is 2.29. The van der Waals surface area contributed by atoms with Crippen LogP contribution in [-0.2, 0) is 0 Å². The SMILES string of the molecule is COc1cc(OC2CC2)cc(N)n1. The van der Waals surface area contributed by atoms with Crippen LogP contribution < -0.4 is 15.2 Å². The third-order valence-electron chi connectivity index (χ3n) is 1.83. The number of nitrogens with zero attached hydrogens (tertiary/aromatic N) is 1. The minimum atomic E-state index is 0.367. The molecule has 1 aromatic rings. The smallest absolute Gasteiger partial charge is 0.218 e. The number of nitrogens with two attached hydrogens (primary N) is 1. The molecule has 4 nitrogen and oxygen atoms in total. The maximum atomic E-state index is 5.56. The van der Waals surface area contributed by atoms with Gasteiger partial charge < -0.3 is 15.2 Å². The number of methoxy groups -OCH3 is 1. The van der Waals surface area contributed by atoms with E-state index in [1.165, 1.54) is 0 Å². The van der Waals surface area contributed by atoms with E-state index in [-0.39, 0.29) is 0 Å². The molecule has 2 N–H and O–H groups in total. The molecule has 0 radical (unpaired) electrons. The minimum Gasteiger partial charge on any atom is -0.490 e. The number of pyridine rings is 1. The molecule has 0 amide bonds. The fourth-order valence-corrected chi connectivity index (χ4v) is 1.05. The van der Waals surface area contributed by atoms with Crippen LogP contribution in [0.5, 0.6) is 11.6 Å². The van der Waals surface area contributed by atoms with Crippen LogP contribution in [0.3, 0.4) is 0 Å². The Hall–Kier alpha value is -1.45. The Kier molecular flexibility index (Phi) is 1.96. The predicted molar refractivity (Wildman–Crippen MR) is 48.9 cm³/mol. The van der Waals surface area contributed by atoms with Crippen molar-refractivity contribution < 1.29 is 9.47 Å². The highest BCUT2D eigenvalue weighted by Gasteiger charge is 2.23. The molecule has 2 rings (SSSR count). The van der Waals surface area contributed by atoms with Gasteiger partial charge in [0.15, 0.2) is 0 Å². The standard InChI is InChI=1S/C9H12N2O2/c1-12-9-5-7(4-8(10)11-9)13-6-2-3-6/h4-6H,2-3H2,1H3,(H2,10,11). The summed E-state index contributed by atoms with van der Waals surface area (Å²) >= 11 is 0. The predicted octanol–water partition coefficient (Wildman–Crippen LogP) is 1.21. The van der Waals surface area contributed by atoms with Crippen molar-refractivity contribution in [2.75, 3.05) is 12.8 Å². The van der Waals surface area contributed by atoms with E-state index in [0.717, 1.165) is 18.6 Å². The Bertz CT molecular complexity index is 310. The van der Waals surface area contributed by atoms with Gasteiger partial charge in [0.2, 0.25) is 5.88 Å². The lowest BCUT2D eigenvalue weighted by atomic mass is 10.4. The molecule has 1 fully saturated rings. The Morgan fingerprint density at radius 2 is 2.23 bits per heavy atom. The van der Waals surface area contributed by atoms with Crippen molar-refractivity contribution >= 4 is 5.82 Å². The van der Waals surface area contributed by atoms with E-state index in [4.69, 9.17) is 15.2 Å². The molecule has 0 spiro atoms. The molecule has 0 aromatic carbocycles. The Morgan fingerprint density at radius 3 is 2.85 bits per heavy atom. The number of hydrogen-bond acceptors (Lipinski definition) is 4. The zero-order valence-electron chi connectivity index (χ0n) is 7.49. The van der Waals surface area contributed by atoms with E-state index in [1.54, 1.807) is 19.2 Å². The summed E-state index contributed by atoms with van der Waals surface area (Å²) in [5.74, 6) is 1.66. The van der Waals surface area contributed by atoms with Crippen LogP contribution in [0.2, 0.25) is 0 Å². The summed E-state index contributed by atoms with van der Waals surface area (Å²) in [6, 6.07) is 3.45. The van der Waals surface area contributed by atoms with E-state index in [9.17, 15) is 0 Å². The molecule has 0 atom stereocenters. The molecular weight excluding hydrogens is 168 g/mol. The molecule has 1 aliphatic rings. The molecule has 1 aromatic heterocycles. The van der Waals surface area contributed by atoms with Gasteiger partial charge in [0.1, 0.15) is 11.6 Å². The van der Waals surface area contributed by atoms with E-state index >= 15 is 0 Å². The monoisotopic (exact) mass is 180 g/mol. The second-order valence-electron chi connectivity index (χ2n) is 3.09. The van der Waals surface area contributed by atoms with Crippen molar-refractivity contribution in [3.8, 4) is 11.6 Å². The number of ether oxygens (including phenoxy) is 2.